The Morgan fingerprint density at radius 3 is 2.33 bits per heavy atom. The quantitative estimate of drug-likeness (QED) is 0.794. The molecule has 1 aromatic heterocycles. The van der Waals surface area contributed by atoms with Crippen molar-refractivity contribution in [2.45, 2.75) is 46.1 Å². The van der Waals surface area contributed by atoms with Crippen LogP contribution in [-0.4, -0.2) is 35.1 Å². The maximum Gasteiger partial charge on any atom is 0.177 e. The maximum absolute atomic E-state index is 5.46. The van der Waals surface area contributed by atoms with Gasteiger partial charge in [-0.3, -0.25) is 0 Å². The van der Waals surface area contributed by atoms with Gasteiger partial charge in [0.1, 0.15) is 0 Å². The second kappa shape index (κ2) is 6.53. The van der Waals surface area contributed by atoms with Crippen LogP contribution in [0.3, 0.4) is 0 Å². The number of hydrogen-bond acceptors (Lipinski definition) is 2. The maximum atomic E-state index is 5.46. The summed E-state index contributed by atoms with van der Waals surface area (Å²) in [4.78, 5) is 5.45. The zero-order valence-electron chi connectivity index (χ0n) is 12.5. The van der Waals surface area contributed by atoms with Gasteiger partial charge in [-0.15, -0.1) is 0 Å². The number of hydrogen-bond donors (Lipinski definition) is 1. The molecule has 0 aliphatic carbocycles. The van der Waals surface area contributed by atoms with Crippen molar-refractivity contribution in [1.29, 1.82) is 0 Å². The van der Waals surface area contributed by atoms with Gasteiger partial charge in [0.15, 0.2) is 4.77 Å². The van der Waals surface area contributed by atoms with E-state index in [4.69, 9.17) is 12.2 Å². The molecule has 0 saturated heterocycles. The Morgan fingerprint density at radius 1 is 1.28 bits per heavy atom. The van der Waals surface area contributed by atoms with Gasteiger partial charge in [-0.2, -0.15) is 0 Å². The molecule has 1 aromatic rings. The molecule has 1 unspecified atom stereocenters. The Balaban J connectivity index is 3.11. The van der Waals surface area contributed by atoms with Crippen molar-refractivity contribution in [2.24, 2.45) is 5.92 Å². The molecular weight excluding hydrogens is 242 g/mol. The fraction of sp³-hybridized carbons (Fsp3) is 0.786. The first-order valence-electron chi connectivity index (χ1n) is 6.77. The van der Waals surface area contributed by atoms with Crippen molar-refractivity contribution >= 4 is 12.2 Å². The molecule has 4 heteroatoms. The molecule has 18 heavy (non-hydrogen) atoms. The highest BCUT2D eigenvalue weighted by atomic mass is 32.1. The number of nitrogens with one attached hydrogen (secondary N) is 1. The summed E-state index contributed by atoms with van der Waals surface area (Å²) in [5.41, 5.74) is 1.31. The smallest absolute Gasteiger partial charge is 0.177 e. The van der Waals surface area contributed by atoms with Crippen molar-refractivity contribution in [1.82, 2.24) is 14.5 Å². The third-order valence-corrected chi connectivity index (χ3v) is 3.43. The van der Waals surface area contributed by atoms with E-state index in [1.807, 2.05) is 0 Å². The van der Waals surface area contributed by atoms with Crippen molar-refractivity contribution in [3.8, 4) is 0 Å². The third-order valence-electron chi connectivity index (χ3n) is 3.12. The van der Waals surface area contributed by atoms with Crippen LogP contribution in [0.15, 0.2) is 6.20 Å². The number of H-pyrrole nitrogens is 1. The summed E-state index contributed by atoms with van der Waals surface area (Å²) in [6.07, 6.45) is 3.22. The molecule has 1 N–H and O–H groups in total. The molecule has 1 rings (SSSR count). The van der Waals surface area contributed by atoms with Crippen LogP contribution in [-0.2, 0) is 0 Å². The first kappa shape index (κ1) is 15.4. The van der Waals surface area contributed by atoms with E-state index in [0.717, 1.165) is 17.7 Å². The third kappa shape index (κ3) is 3.95. The Bertz CT molecular complexity index is 405. The number of aromatic amines is 1. The molecule has 3 nitrogen and oxygen atoms in total. The van der Waals surface area contributed by atoms with E-state index in [0.29, 0.717) is 17.9 Å². The molecule has 0 saturated carbocycles. The van der Waals surface area contributed by atoms with Gasteiger partial charge in [-0.1, -0.05) is 27.7 Å². The second-order valence-electron chi connectivity index (χ2n) is 6.09. The van der Waals surface area contributed by atoms with Crippen molar-refractivity contribution < 1.29 is 0 Å². The average molecular weight is 269 g/mol. The number of rotatable bonds is 6. The minimum Gasteiger partial charge on any atom is -0.337 e. The van der Waals surface area contributed by atoms with E-state index >= 15 is 0 Å². The molecular formula is C14H27N3S. The van der Waals surface area contributed by atoms with Gasteiger partial charge in [-0.25, -0.2) is 0 Å². The minimum absolute atomic E-state index is 0.455. The minimum atomic E-state index is 0.455. The van der Waals surface area contributed by atoms with E-state index in [-0.39, 0.29) is 0 Å². The first-order valence-corrected chi connectivity index (χ1v) is 7.18. The highest BCUT2D eigenvalue weighted by molar-refractivity contribution is 7.71. The largest absolute Gasteiger partial charge is 0.337 e. The molecule has 0 aromatic carbocycles. The van der Waals surface area contributed by atoms with E-state index < -0.39 is 0 Å². The average Bonchev–Trinajstić information content (AvgIpc) is 2.57. The normalized spacial score (nSPS) is 13.8. The van der Waals surface area contributed by atoms with Crippen LogP contribution in [0.2, 0.25) is 0 Å². The number of imidazole rings is 1. The summed E-state index contributed by atoms with van der Waals surface area (Å²) < 4.78 is 3.17. The predicted molar refractivity (Wildman–Crippen MR) is 80.8 cm³/mol. The molecule has 1 atom stereocenters. The van der Waals surface area contributed by atoms with Gasteiger partial charge >= 0.3 is 0 Å². The van der Waals surface area contributed by atoms with Crippen molar-refractivity contribution in [3.63, 3.8) is 0 Å². The Hall–Kier alpha value is -0.610. The van der Waals surface area contributed by atoms with Crippen LogP contribution in [0.1, 0.15) is 51.8 Å². The Kier molecular flexibility index (Phi) is 5.60. The lowest BCUT2D eigenvalue weighted by molar-refractivity contribution is 0.282. The lowest BCUT2D eigenvalue weighted by atomic mass is 10.0. The standard InChI is InChI=1S/C14H27N3S/c1-10(2)7-12(9-16(5)6)17-13(11(3)4)8-15-14(17)18/h8,10-12H,7,9H2,1-6H3,(H,15,18). The zero-order chi connectivity index (χ0) is 13.9. The zero-order valence-corrected chi connectivity index (χ0v) is 13.3. The van der Waals surface area contributed by atoms with Crippen molar-refractivity contribution in [3.05, 3.63) is 16.7 Å². The van der Waals surface area contributed by atoms with Crippen LogP contribution < -0.4 is 0 Å². The SMILES string of the molecule is CC(C)CC(CN(C)C)n1c(C(C)C)c[nH]c1=S. The lowest BCUT2D eigenvalue weighted by Gasteiger charge is -2.26. The van der Waals surface area contributed by atoms with Crippen LogP contribution >= 0.6 is 12.2 Å². The van der Waals surface area contributed by atoms with Gasteiger partial charge in [0.2, 0.25) is 0 Å². The molecule has 1 heterocycles. The predicted octanol–water partition coefficient (Wildman–Crippen LogP) is 3.82. The summed E-state index contributed by atoms with van der Waals surface area (Å²) in [6, 6.07) is 0.455. The topological polar surface area (TPSA) is 24.0 Å². The highest BCUT2D eigenvalue weighted by Gasteiger charge is 2.19. The number of nitrogens with zero attached hydrogens (tertiary/aromatic N) is 2. The van der Waals surface area contributed by atoms with Crippen LogP contribution in [0.25, 0.3) is 0 Å². The Labute approximate surface area is 116 Å². The van der Waals surface area contributed by atoms with Gasteiger partial charge in [0.05, 0.1) is 0 Å². The summed E-state index contributed by atoms with van der Waals surface area (Å²) in [5, 5.41) is 0. The molecule has 0 aliphatic heterocycles. The molecule has 104 valence electrons. The second-order valence-corrected chi connectivity index (χ2v) is 6.48. The van der Waals surface area contributed by atoms with E-state index in [1.54, 1.807) is 0 Å². The van der Waals surface area contributed by atoms with Crippen LogP contribution in [0.5, 0.6) is 0 Å². The monoisotopic (exact) mass is 269 g/mol. The summed E-state index contributed by atoms with van der Waals surface area (Å²) in [6.45, 7) is 10.0. The van der Waals surface area contributed by atoms with Crippen LogP contribution in [0, 0.1) is 10.7 Å². The van der Waals surface area contributed by atoms with Crippen LogP contribution in [0.4, 0.5) is 0 Å². The van der Waals surface area contributed by atoms with Gasteiger partial charge in [-0.05, 0) is 44.6 Å². The van der Waals surface area contributed by atoms with E-state index in [9.17, 15) is 0 Å². The molecule has 0 fully saturated rings. The van der Waals surface area contributed by atoms with E-state index in [1.165, 1.54) is 5.69 Å². The molecule has 0 aliphatic rings. The summed E-state index contributed by atoms with van der Waals surface area (Å²) >= 11 is 5.46. The summed E-state index contributed by atoms with van der Waals surface area (Å²) in [7, 11) is 4.25. The van der Waals surface area contributed by atoms with Crippen molar-refractivity contribution in [2.75, 3.05) is 20.6 Å². The van der Waals surface area contributed by atoms with Gasteiger partial charge in [0, 0.05) is 24.5 Å². The van der Waals surface area contributed by atoms with Gasteiger partial charge < -0.3 is 14.5 Å². The number of likely N-dealkylation sites (N-methyl/N-ethyl adjacent to an activating group) is 1. The fourth-order valence-corrected chi connectivity index (χ4v) is 2.75. The molecule has 0 amide bonds. The first-order chi connectivity index (χ1) is 8.32. The fourth-order valence-electron chi connectivity index (χ4n) is 2.44. The van der Waals surface area contributed by atoms with Gasteiger partial charge in [0.25, 0.3) is 0 Å². The number of aromatic nitrogens is 2. The summed E-state index contributed by atoms with van der Waals surface area (Å²) in [5.74, 6) is 1.17. The Morgan fingerprint density at radius 2 is 1.89 bits per heavy atom. The van der Waals surface area contributed by atoms with E-state index in [2.05, 4.69) is 62.4 Å². The molecule has 0 bridgehead atoms. The molecule has 0 spiro atoms. The molecule has 0 radical (unpaired) electrons. The lowest BCUT2D eigenvalue weighted by Crippen LogP contribution is -2.27. The highest BCUT2D eigenvalue weighted by Crippen LogP contribution is 2.25.